The molecule has 3 rings (SSSR count). The molecule has 6 heteroatoms. The predicted octanol–water partition coefficient (Wildman–Crippen LogP) is 3.91. The lowest BCUT2D eigenvalue weighted by molar-refractivity contribution is 0.415. The number of nitrogens with two attached hydrogens (primary N) is 1. The van der Waals surface area contributed by atoms with Crippen LogP contribution in [0.25, 0.3) is 0 Å². The van der Waals surface area contributed by atoms with Gasteiger partial charge in [-0.05, 0) is 42.8 Å². The Morgan fingerprint density at radius 2 is 1.92 bits per heavy atom. The summed E-state index contributed by atoms with van der Waals surface area (Å²) in [5, 5.41) is 3.12. The fourth-order valence-electron chi connectivity index (χ4n) is 2.12. The van der Waals surface area contributed by atoms with E-state index in [-0.39, 0.29) is 0 Å². The molecule has 0 aliphatic rings. The molecule has 0 radical (unpaired) electrons. The van der Waals surface area contributed by atoms with Gasteiger partial charge in [0.2, 0.25) is 11.8 Å². The van der Waals surface area contributed by atoms with Crippen LogP contribution in [0.15, 0.2) is 54.7 Å². The first-order chi connectivity index (χ1) is 11.6. The van der Waals surface area contributed by atoms with Crippen molar-refractivity contribution in [2.75, 3.05) is 18.2 Å². The van der Waals surface area contributed by atoms with Crippen LogP contribution in [0.3, 0.4) is 0 Å². The normalized spacial score (nSPS) is 10.2. The average molecular weight is 322 g/mol. The number of hydrogen-bond donors (Lipinski definition) is 2. The van der Waals surface area contributed by atoms with Crippen LogP contribution in [0.5, 0.6) is 17.4 Å². The zero-order valence-corrected chi connectivity index (χ0v) is 13.5. The molecule has 0 bridgehead atoms. The zero-order valence-electron chi connectivity index (χ0n) is 13.5. The van der Waals surface area contributed by atoms with Gasteiger partial charge in [-0.25, -0.2) is 4.98 Å². The van der Waals surface area contributed by atoms with Crippen LogP contribution in [0.4, 0.5) is 17.3 Å². The first kappa shape index (κ1) is 15.6. The lowest BCUT2D eigenvalue weighted by Gasteiger charge is -2.09. The third kappa shape index (κ3) is 3.73. The molecule has 0 unspecified atom stereocenters. The summed E-state index contributed by atoms with van der Waals surface area (Å²) >= 11 is 0. The maximum absolute atomic E-state index is 5.81. The molecule has 3 aromatic rings. The van der Waals surface area contributed by atoms with Crippen LogP contribution >= 0.6 is 0 Å². The molecule has 0 aliphatic carbocycles. The third-order valence-electron chi connectivity index (χ3n) is 3.42. The molecule has 0 saturated carbocycles. The van der Waals surface area contributed by atoms with Gasteiger partial charge in [0.05, 0.1) is 7.11 Å². The van der Waals surface area contributed by atoms with E-state index in [4.69, 9.17) is 15.2 Å². The summed E-state index contributed by atoms with van der Waals surface area (Å²) in [4.78, 5) is 8.55. The van der Waals surface area contributed by atoms with Gasteiger partial charge >= 0.3 is 0 Å². The van der Waals surface area contributed by atoms with Crippen LogP contribution in [-0.2, 0) is 0 Å². The van der Waals surface area contributed by atoms with Gasteiger partial charge in [0.1, 0.15) is 11.5 Å². The standard InChI is InChI=1S/C18H18N4O2/c1-12-10-15(6-7-16(12)19)24-17-8-9-20-18(22-17)21-13-4-3-5-14(11-13)23-2/h3-11H,19H2,1-2H3,(H,20,21,22). The Morgan fingerprint density at radius 1 is 1.04 bits per heavy atom. The number of benzene rings is 2. The van der Waals surface area contributed by atoms with Crippen molar-refractivity contribution in [2.45, 2.75) is 6.92 Å². The minimum absolute atomic E-state index is 0.438. The summed E-state index contributed by atoms with van der Waals surface area (Å²) < 4.78 is 11.0. The Labute approximate surface area is 140 Å². The number of methoxy groups -OCH3 is 1. The number of nitrogen functional groups attached to an aromatic ring is 1. The number of hydrogen-bond acceptors (Lipinski definition) is 6. The molecule has 1 heterocycles. The third-order valence-corrected chi connectivity index (χ3v) is 3.42. The van der Waals surface area contributed by atoms with Gasteiger partial charge in [-0.3, -0.25) is 0 Å². The van der Waals surface area contributed by atoms with Crippen molar-refractivity contribution >= 4 is 17.3 Å². The highest BCUT2D eigenvalue weighted by molar-refractivity contribution is 5.56. The Morgan fingerprint density at radius 3 is 2.71 bits per heavy atom. The molecule has 1 aromatic heterocycles. The van der Waals surface area contributed by atoms with E-state index in [0.717, 1.165) is 22.7 Å². The molecule has 122 valence electrons. The summed E-state index contributed by atoms with van der Waals surface area (Å²) in [6.07, 6.45) is 1.63. The second-order valence-corrected chi connectivity index (χ2v) is 5.20. The number of anilines is 3. The highest BCUT2D eigenvalue weighted by Crippen LogP contribution is 2.25. The van der Waals surface area contributed by atoms with Crippen LogP contribution < -0.4 is 20.5 Å². The Hall–Kier alpha value is -3.28. The molecule has 0 spiro atoms. The van der Waals surface area contributed by atoms with Gasteiger partial charge in [0.25, 0.3) is 0 Å². The van der Waals surface area contributed by atoms with Crippen molar-refractivity contribution in [3.05, 3.63) is 60.3 Å². The molecule has 0 saturated heterocycles. The van der Waals surface area contributed by atoms with E-state index < -0.39 is 0 Å². The lowest BCUT2D eigenvalue weighted by Crippen LogP contribution is -1.99. The smallest absolute Gasteiger partial charge is 0.230 e. The van der Waals surface area contributed by atoms with Crippen molar-refractivity contribution in [2.24, 2.45) is 0 Å². The fourth-order valence-corrected chi connectivity index (χ4v) is 2.12. The molecular weight excluding hydrogens is 304 g/mol. The molecule has 2 aromatic carbocycles. The van der Waals surface area contributed by atoms with Crippen molar-refractivity contribution < 1.29 is 9.47 Å². The first-order valence-corrected chi connectivity index (χ1v) is 7.42. The Bertz CT molecular complexity index is 852. The summed E-state index contributed by atoms with van der Waals surface area (Å²) in [5.74, 6) is 2.31. The number of nitrogens with one attached hydrogen (secondary N) is 1. The molecule has 0 aliphatic heterocycles. The van der Waals surface area contributed by atoms with Crippen LogP contribution in [0.1, 0.15) is 5.56 Å². The quantitative estimate of drug-likeness (QED) is 0.693. The molecule has 24 heavy (non-hydrogen) atoms. The van der Waals surface area contributed by atoms with Gasteiger partial charge in [-0.2, -0.15) is 4.98 Å². The highest BCUT2D eigenvalue weighted by Gasteiger charge is 2.04. The maximum Gasteiger partial charge on any atom is 0.230 e. The Kier molecular flexibility index (Phi) is 4.47. The van der Waals surface area contributed by atoms with Gasteiger partial charge < -0.3 is 20.5 Å². The number of aryl methyl sites for hydroxylation is 1. The van der Waals surface area contributed by atoms with E-state index in [9.17, 15) is 0 Å². The second kappa shape index (κ2) is 6.87. The van der Waals surface area contributed by atoms with E-state index in [2.05, 4.69) is 15.3 Å². The second-order valence-electron chi connectivity index (χ2n) is 5.20. The van der Waals surface area contributed by atoms with E-state index >= 15 is 0 Å². The number of rotatable bonds is 5. The fraction of sp³-hybridized carbons (Fsp3) is 0.111. The van der Waals surface area contributed by atoms with E-state index in [1.54, 1.807) is 31.5 Å². The van der Waals surface area contributed by atoms with Crippen molar-refractivity contribution in [1.82, 2.24) is 9.97 Å². The summed E-state index contributed by atoms with van der Waals surface area (Å²) in [7, 11) is 1.62. The molecule has 3 N–H and O–H groups in total. The largest absolute Gasteiger partial charge is 0.497 e. The molecule has 0 amide bonds. The van der Waals surface area contributed by atoms with Crippen LogP contribution in [0.2, 0.25) is 0 Å². The van der Waals surface area contributed by atoms with Gasteiger partial charge in [-0.15, -0.1) is 0 Å². The molecule has 6 nitrogen and oxygen atoms in total. The minimum Gasteiger partial charge on any atom is -0.497 e. The SMILES string of the molecule is COc1cccc(Nc2nccc(Oc3ccc(N)c(C)c3)n2)c1. The number of aromatic nitrogens is 2. The van der Waals surface area contributed by atoms with Gasteiger partial charge in [-0.1, -0.05) is 6.07 Å². The van der Waals surface area contributed by atoms with Gasteiger partial charge in [0, 0.05) is 29.7 Å². The lowest BCUT2D eigenvalue weighted by atomic mass is 10.2. The molecule has 0 fully saturated rings. The zero-order chi connectivity index (χ0) is 16.9. The summed E-state index contributed by atoms with van der Waals surface area (Å²) in [6, 6.07) is 14.7. The summed E-state index contributed by atoms with van der Waals surface area (Å²) in [5.41, 5.74) is 8.33. The van der Waals surface area contributed by atoms with E-state index in [1.807, 2.05) is 37.3 Å². The van der Waals surface area contributed by atoms with E-state index in [1.165, 1.54) is 0 Å². The number of ether oxygens (including phenoxy) is 2. The monoisotopic (exact) mass is 322 g/mol. The Balaban J connectivity index is 1.77. The van der Waals surface area contributed by atoms with Crippen molar-refractivity contribution in [3.8, 4) is 17.4 Å². The van der Waals surface area contributed by atoms with Crippen molar-refractivity contribution in [1.29, 1.82) is 0 Å². The van der Waals surface area contributed by atoms with E-state index in [0.29, 0.717) is 17.6 Å². The number of nitrogens with zero attached hydrogens (tertiary/aromatic N) is 2. The highest BCUT2D eigenvalue weighted by atomic mass is 16.5. The minimum atomic E-state index is 0.438. The predicted molar refractivity (Wildman–Crippen MR) is 94.0 cm³/mol. The average Bonchev–Trinajstić information content (AvgIpc) is 2.59. The molecule has 0 atom stereocenters. The van der Waals surface area contributed by atoms with Crippen LogP contribution in [0, 0.1) is 6.92 Å². The summed E-state index contributed by atoms with van der Waals surface area (Å²) in [6.45, 7) is 1.93. The first-order valence-electron chi connectivity index (χ1n) is 7.42. The van der Waals surface area contributed by atoms with Crippen LogP contribution in [-0.4, -0.2) is 17.1 Å². The van der Waals surface area contributed by atoms with Gasteiger partial charge in [0.15, 0.2) is 0 Å². The maximum atomic E-state index is 5.81. The molecular formula is C18H18N4O2. The van der Waals surface area contributed by atoms with Crippen molar-refractivity contribution in [3.63, 3.8) is 0 Å². The topological polar surface area (TPSA) is 82.3 Å².